The van der Waals surface area contributed by atoms with E-state index in [0.29, 0.717) is 0 Å². The number of rotatable bonds is 10. The molecule has 1 amide bonds. The van der Waals surface area contributed by atoms with Gasteiger partial charge in [0.15, 0.2) is 0 Å². The van der Waals surface area contributed by atoms with Crippen LogP contribution < -0.4 is 5.32 Å². The Morgan fingerprint density at radius 2 is 1.82 bits per heavy atom. The van der Waals surface area contributed by atoms with E-state index in [-0.39, 0.29) is 18.3 Å². The number of carbonyl (C=O) groups is 3. The fourth-order valence-electron chi connectivity index (χ4n) is 4.05. The summed E-state index contributed by atoms with van der Waals surface area (Å²) in [6.07, 6.45) is 1.84. The van der Waals surface area contributed by atoms with Gasteiger partial charge in [-0.15, -0.1) is 11.8 Å². The number of hydrogen-bond acceptors (Lipinski definition) is 8. The molecule has 1 aromatic carbocycles. The average Bonchev–Trinajstić information content (AvgIpc) is 3.46. The summed E-state index contributed by atoms with van der Waals surface area (Å²) in [5, 5.41) is 3.60. The van der Waals surface area contributed by atoms with Gasteiger partial charge >= 0.3 is 12.1 Å². The topological polar surface area (TPSA) is 99.1 Å². The predicted octanol–water partition coefficient (Wildman–Crippen LogP) is 4.96. The van der Waals surface area contributed by atoms with E-state index < -0.39 is 34.1 Å². The Morgan fingerprint density at radius 3 is 2.36 bits per heavy atom. The van der Waals surface area contributed by atoms with Crippen molar-refractivity contribution in [1.29, 1.82) is 0 Å². The number of nitrogens with one attached hydrogen (secondary N) is 1. The van der Waals surface area contributed by atoms with Crippen LogP contribution in [0.15, 0.2) is 30.5 Å². The van der Waals surface area contributed by atoms with E-state index in [1.807, 2.05) is 13.8 Å². The van der Waals surface area contributed by atoms with Gasteiger partial charge in [0, 0.05) is 36.6 Å². The highest BCUT2D eigenvalue weighted by Gasteiger charge is 2.64. The Bertz CT molecular complexity index is 1120. The molecule has 0 bridgehead atoms. The molecule has 9 nitrogen and oxygen atoms in total. The second kappa shape index (κ2) is 13.6. The first kappa shape index (κ1) is 32.5. The number of fused-ring (bicyclic) bond motifs is 1. The smallest absolute Gasteiger partial charge is 0.408 e. The van der Waals surface area contributed by atoms with Crippen LogP contribution in [-0.4, -0.2) is 70.7 Å². The molecule has 2 heterocycles. The lowest BCUT2D eigenvalue weighted by Gasteiger charge is -2.25. The molecule has 1 aliphatic rings. The van der Waals surface area contributed by atoms with Gasteiger partial charge in [0.05, 0.1) is 0 Å². The molecule has 3 rings (SSSR count). The van der Waals surface area contributed by atoms with Gasteiger partial charge in [-0.2, -0.15) is 0 Å². The molecule has 1 fully saturated rings. The number of benzene rings is 1. The number of thioether (sulfide) groups is 1. The average molecular weight is 564 g/mol. The number of aryl methyl sites for hydroxylation is 1. The number of ether oxygens (including phenoxy) is 3. The summed E-state index contributed by atoms with van der Waals surface area (Å²) in [6.45, 7) is 14.0. The van der Waals surface area contributed by atoms with Crippen molar-refractivity contribution in [3.63, 3.8) is 0 Å². The molecule has 1 aliphatic heterocycles. The number of carbonyl (C=O) groups excluding carboxylic acids is 3. The normalized spacial score (nSPS) is 19.4. The number of hydrogen-bond donors (Lipinski definition) is 1. The number of nitrogens with zero attached hydrogens (tertiary/aromatic N) is 2. The number of alkyl carbamates (subject to hydrolysis) is 1. The van der Waals surface area contributed by atoms with Gasteiger partial charge in [0.1, 0.15) is 15.7 Å². The molecule has 1 saturated heterocycles. The van der Waals surface area contributed by atoms with E-state index in [9.17, 15) is 14.4 Å². The van der Waals surface area contributed by atoms with E-state index in [4.69, 9.17) is 14.2 Å². The van der Waals surface area contributed by atoms with Crippen molar-refractivity contribution < 1.29 is 28.6 Å². The van der Waals surface area contributed by atoms with Crippen molar-refractivity contribution in [1.82, 2.24) is 14.8 Å². The lowest BCUT2D eigenvalue weighted by Crippen LogP contribution is -2.47. The third-order valence-electron chi connectivity index (χ3n) is 6.19. The first-order chi connectivity index (χ1) is 18.1. The lowest BCUT2D eigenvalue weighted by molar-refractivity contribution is -0.186. The minimum Gasteiger partial charge on any atom is -0.444 e. The molecular weight excluding hydrogens is 518 g/mol. The number of esters is 1. The molecule has 0 saturated carbocycles. The second-order valence-electron chi connectivity index (χ2n) is 11.7. The molecule has 0 radical (unpaired) electrons. The zero-order valence-electron chi connectivity index (χ0n) is 24.9. The van der Waals surface area contributed by atoms with Gasteiger partial charge in [-0.25, -0.2) is 4.79 Å². The Kier molecular flexibility index (Phi) is 11.3. The van der Waals surface area contributed by atoms with Gasteiger partial charge in [-0.1, -0.05) is 45.9 Å². The van der Waals surface area contributed by atoms with Crippen molar-refractivity contribution in [3.05, 3.63) is 36.0 Å². The van der Waals surface area contributed by atoms with E-state index >= 15 is 0 Å². The second-order valence-corrected chi connectivity index (χ2v) is 13.1. The maximum Gasteiger partial charge on any atom is 0.408 e. The SMILES string of the molecule is CC(C)C(OC=O)OC(=O)C1SC1(NC(=O)OC(C)(C)C)C(C)C.CN(C)CCc1cn(C)c2ccccc12. The molecular formula is C29H45N3O6S. The zero-order chi connectivity index (χ0) is 29.5. The van der Waals surface area contributed by atoms with Crippen molar-refractivity contribution in [2.24, 2.45) is 18.9 Å². The van der Waals surface area contributed by atoms with Gasteiger partial charge in [-0.05, 0) is 58.8 Å². The molecule has 3 unspecified atom stereocenters. The van der Waals surface area contributed by atoms with Crippen molar-refractivity contribution >= 4 is 41.2 Å². The minimum absolute atomic E-state index is 0.0166. The largest absolute Gasteiger partial charge is 0.444 e. The van der Waals surface area contributed by atoms with E-state index in [1.165, 1.54) is 28.2 Å². The summed E-state index contributed by atoms with van der Waals surface area (Å²) in [5.41, 5.74) is 2.14. The summed E-state index contributed by atoms with van der Waals surface area (Å²) in [4.78, 5) is 36.4. The molecule has 1 N–H and O–H groups in total. The van der Waals surface area contributed by atoms with Crippen molar-refractivity contribution in [2.75, 3.05) is 20.6 Å². The molecule has 3 atom stereocenters. The maximum absolute atomic E-state index is 12.4. The fourth-order valence-corrected chi connectivity index (χ4v) is 5.36. The van der Waals surface area contributed by atoms with E-state index in [2.05, 4.69) is 66.4 Å². The third-order valence-corrected chi connectivity index (χ3v) is 7.93. The number of likely N-dealkylation sites (N-methyl/N-ethyl adjacent to an activating group) is 1. The zero-order valence-corrected chi connectivity index (χ0v) is 25.8. The summed E-state index contributed by atoms with van der Waals surface area (Å²) >= 11 is 1.30. The van der Waals surface area contributed by atoms with Crippen LogP contribution in [0.2, 0.25) is 0 Å². The van der Waals surface area contributed by atoms with Crippen LogP contribution in [0.1, 0.15) is 54.0 Å². The Morgan fingerprint density at radius 1 is 1.18 bits per heavy atom. The molecule has 39 heavy (non-hydrogen) atoms. The summed E-state index contributed by atoms with van der Waals surface area (Å²) in [7, 11) is 6.34. The summed E-state index contributed by atoms with van der Waals surface area (Å²) < 4.78 is 17.5. The number of aromatic nitrogens is 1. The van der Waals surface area contributed by atoms with Crippen LogP contribution in [-0.2, 0) is 37.3 Å². The number of amides is 1. The molecule has 2 aromatic rings. The fraction of sp³-hybridized carbons (Fsp3) is 0.621. The predicted molar refractivity (Wildman–Crippen MR) is 155 cm³/mol. The van der Waals surface area contributed by atoms with E-state index in [1.54, 1.807) is 34.6 Å². The quantitative estimate of drug-likeness (QED) is 0.187. The highest BCUT2D eigenvalue weighted by molar-refractivity contribution is 8.09. The van der Waals surface area contributed by atoms with Crippen LogP contribution in [0.4, 0.5) is 4.79 Å². The first-order valence-electron chi connectivity index (χ1n) is 13.3. The molecule has 0 aliphatic carbocycles. The van der Waals surface area contributed by atoms with Gasteiger partial charge < -0.3 is 29.0 Å². The Labute approximate surface area is 236 Å². The van der Waals surface area contributed by atoms with Crippen LogP contribution in [0, 0.1) is 11.8 Å². The monoisotopic (exact) mass is 563 g/mol. The maximum atomic E-state index is 12.4. The molecule has 0 spiro atoms. The Balaban J connectivity index is 0.000000302. The van der Waals surface area contributed by atoms with Crippen LogP contribution in [0.25, 0.3) is 10.9 Å². The summed E-state index contributed by atoms with van der Waals surface area (Å²) in [6, 6.07) is 8.59. The first-order valence-corrected chi connectivity index (χ1v) is 14.2. The third kappa shape index (κ3) is 9.17. The summed E-state index contributed by atoms with van der Waals surface area (Å²) in [5.74, 6) is -0.711. The molecule has 218 valence electrons. The van der Waals surface area contributed by atoms with E-state index in [0.717, 1.165) is 13.0 Å². The minimum atomic E-state index is -0.942. The van der Waals surface area contributed by atoms with Crippen LogP contribution in [0.5, 0.6) is 0 Å². The van der Waals surface area contributed by atoms with Gasteiger partial charge in [0.2, 0.25) is 6.29 Å². The van der Waals surface area contributed by atoms with Gasteiger partial charge in [0.25, 0.3) is 6.47 Å². The van der Waals surface area contributed by atoms with Crippen molar-refractivity contribution in [2.45, 2.75) is 76.9 Å². The van der Waals surface area contributed by atoms with Crippen LogP contribution >= 0.6 is 11.8 Å². The lowest BCUT2D eigenvalue weighted by atomic mass is 10.0. The van der Waals surface area contributed by atoms with Crippen LogP contribution in [0.3, 0.4) is 0 Å². The highest BCUT2D eigenvalue weighted by atomic mass is 32.2. The molecule has 10 heteroatoms. The number of para-hydroxylation sites is 1. The van der Waals surface area contributed by atoms with Gasteiger partial charge in [-0.3, -0.25) is 9.59 Å². The standard InChI is InChI=1S/C16H27NO6S.C13H18N2/c1-9(2)13(21-8-18)22-12(19)11-16(24-11,10(3)4)17-14(20)23-15(5,6)7;1-14(2)9-8-11-10-15(3)13-7-5-4-6-12(11)13/h8-11,13H,1-7H3,(H,17,20);4-7,10H,8-9H2,1-3H3. The molecule has 1 aromatic heterocycles. The highest BCUT2D eigenvalue weighted by Crippen LogP contribution is 2.57. The van der Waals surface area contributed by atoms with Crippen molar-refractivity contribution in [3.8, 4) is 0 Å². The Hall–Kier alpha value is -2.72.